The van der Waals surface area contributed by atoms with Crippen molar-refractivity contribution in [2.75, 3.05) is 34.2 Å². The van der Waals surface area contributed by atoms with Crippen LogP contribution in [0.1, 0.15) is 18.4 Å². The second kappa shape index (κ2) is 10.2. The van der Waals surface area contributed by atoms with Gasteiger partial charge in [-0.15, -0.1) is 6.58 Å². The minimum absolute atomic E-state index is 0.0109. The van der Waals surface area contributed by atoms with E-state index in [1.165, 1.54) is 6.08 Å². The van der Waals surface area contributed by atoms with Crippen LogP contribution in [0.4, 0.5) is 0 Å². The van der Waals surface area contributed by atoms with Crippen LogP contribution < -0.4 is 4.74 Å². The zero-order valence-electron chi connectivity index (χ0n) is 17.5. The smallest absolute Gasteiger partial charge is 0.188 e. The molecule has 4 rings (SSSR count). The highest BCUT2D eigenvalue weighted by molar-refractivity contribution is 5.77. The molecule has 2 bridgehead atoms. The molecule has 1 aromatic carbocycles. The number of carbonyl (C=O) groups excluding carboxylic acids is 1. The second-order valence-electron chi connectivity index (χ2n) is 7.51. The normalized spacial score (nSPS) is 27.8. The summed E-state index contributed by atoms with van der Waals surface area (Å²) in [5.74, 6) is 0.625. The van der Waals surface area contributed by atoms with Crippen LogP contribution in [0, 0.1) is 11.8 Å². The fourth-order valence-corrected chi connectivity index (χ4v) is 4.36. The van der Waals surface area contributed by atoms with Gasteiger partial charge in [0.1, 0.15) is 29.5 Å². The van der Waals surface area contributed by atoms with E-state index in [9.17, 15) is 9.90 Å². The molecule has 0 spiro atoms. The first kappa shape index (κ1) is 22.5. The van der Waals surface area contributed by atoms with Gasteiger partial charge in [0, 0.05) is 24.5 Å². The summed E-state index contributed by atoms with van der Waals surface area (Å²) < 4.78 is 27.6. The van der Waals surface area contributed by atoms with Crippen molar-refractivity contribution in [3.05, 3.63) is 53.8 Å². The summed E-state index contributed by atoms with van der Waals surface area (Å²) in [5.41, 5.74) is 0.0805. The summed E-state index contributed by atoms with van der Waals surface area (Å²) in [5, 5.41) is 11.4. The third-order valence-corrected chi connectivity index (χ3v) is 5.91. The summed E-state index contributed by atoms with van der Waals surface area (Å²) in [6.45, 7) is 4.99. The Bertz CT molecular complexity index is 757. The molecule has 1 N–H and O–H groups in total. The molecule has 0 unspecified atom stereocenters. The molecule has 3 aliphatic rings. The Hall–Kier alpha value is -2.19. The van der Waals surface area contributed by atoms with Crippen LogP contribution in [0.15, 0.2) is 48.3 Å². The van der Waals surface area contributed by atoms with Crippen LogP contribution in [-0.4, -0.2) is 57.3 Å². The molecule has 164 valence electrons. The van der Waals surface area contributed by atoms with E-state index in [1.807, 2.05) is 24.3 Å². The van der Waals surface area contributed by atoms with Crippen LogP contribution >= 0.6 is 0 Å². The van der Waals surface area contributed by atoms with Crippen molar-refractivity contribution in [3.63, 3.8) is 0 Å². The van der Waals surface area contributed by atoms with Crippen molar-refractivity contribution in [2.45, 2.75) is 31.2 Å². The van der Waals surface area contributed by atoms with Gasteiger partial charge in [-0.3, -0.25) is 4.79 Å². The summed E-state index contributed by atoms with van der Waals surface area (Å²) in [6, 6.07) is 7.56. The fourth-order valence-electron chi connectivity index (χ4n) is 4.36. The predicted octanol–water partition coefficient (Wildman–Crippen LogP) is 2.63. The lowest BCUT2D eigenvalue weighted by Gasteiger charge is -2.52. The molecule has 0 heterocycles. The highest BCUT2D eigenvalue weighted by Crippen LogP contribution is 2.52. The molecule has 1 fully saturated rings. The molecule has 7 nitrogen and oxygen atoms in total. The maximum atomic E-state index is 11.8. The van der Waals surface area contributed by atoms with E-state index in [-0.39, 0.29) is 12.7 Å². The number of aliphatic hydroxyl groups is 1. The number of hydrogen-bond acceptors (Lipinski definition) is 7. The summed E-state index contributed by atoms with van der Waals surface area (Å²) in [6.07, 6.45) is 3.11. The number of methoxy groups -OCH3 is 2. The average molecular weight is 418 g/mol. The van der Waals surface area contributed by atoms with E-state index < -0.39 is 17.6 Å². The van der Waals surface area contributed by atoms with Gasteiger partial charge in [-0.2, -0.15) is 0 Å². The maximum Gasteiger partial charge on any atom is 0.188 e. The van der Waals surface area contributed by atoms with Crippen molar-refractivity contribution in [1.82, 2.24) is 0 Å². The van der Waals surface area contributed by atoms with Crippen LogP contribution in [0.2, 0.25) is 0 Å². The third kappa shape index (κ3) is 4.44. The minimum Gasteiger partial charge on any atom is -0.497 e. The molecule has 1 saturated carbocycles. The molecule has 1 aromatic rings. The van der Waals surface area contributed by atoms with E-state index in [0.29, 0.717) is 37.6 Å². The van der Waals surface area contributed by atoms with Gasteiger partial charge in [-0.1, -0.05) is 18.2 Å². The van der Waals surface area contributed by atoms with Crippen LogP contribution in [0.3, 0.4) is 0 Å². The SMILES string of the molecule is C=C[C@@]1(O)[C@H](OCc2ccc(OC)cc2)[C@@H]2CC[C@H]1C(C=O)=C2OCOCCOC. The molecule has 0 aliphatic heterocycles. The molecule has 0 saturated heterocycles. The van der Waals surface area contributed by atoms with Crippen LogP contribution in [0.25, 0.3) is 0 Å². The maximum absolute atomic E-state index is 11.8. The molecule has 3 aliphatic carbocycles. The second-order valence-corrected chi connectivity index (χ2v) is 7.51. The Balaban J connectivity index is 1.77. The zero-order chi connectivity index (χ0) is 21.6. The summed E-state index contributed by atoms with van der Waals surface area (Å²) in [4.78, 5) is 11.8. The molecule has 4 atom stereocenters. The van der Waals surface area contributed by atoms with Gasteiger partial charge in [0.05, 0.1) is 26.9 Å². The van der Waals surface area contributed by atoms with Crippen molar-refractivity contribution >= 4 is 6.29 Å². The molecule has 0 aromatic heterocycles. The number of aldehydes is 1. The highest BCUT2D eigenvalue weighted by Gasteiger charge is 2.57. The number of benzene rings is 1. The summed E-state index contributed by atoms with van der Waals surface area (Å²) >= 11 is 0. The third-order valence-electron chi connectivity index (χ3n) is 5.91. The molecule has 30 heavy (non-hydrogen) atoms. The van der Waals surface area contributed by atoms with Gasteiger partial charge in [-0.05, 0) is 30.5 Å². The van der Waals surface area contributed by atoms with E-state index in [1.54, 1.807) is 14.2 Å². The first-order chi connectivity index (χ1) is 14.6. The summed E-state index contributed by atoms with van der Waals surface area (Å²) in [7, 11) is 3.21. The van der Waals surface area contributed by atoms with Gasteiger partial charge >= 0.3 is 0 Å². The first-order valence-corrected chi connectivity index (χ1v) is 10.1. The Morgan fingerprint density at radius 3 is 2.60 bits per heavy atom. The Kier molecular flexibility index (Phi) is 7.66. The lowest BCUT2D eigenvalue weighted by atomic mass is 9.60. The van der Waals surface area contributed by atoms with E-state index in [4.69, 9.17) is 23.7 Å². The number of carbonyl (C=O) groups is 1. The number of rotatable bonds is 12. The Morgan fingerprint density at radius 1 is 1.20 bits per heavy atom. The minimum atomic E-state index is -1.34. The largest absolute Gasteiger partial charge is 0.497 e. The topological polar surface area (TPSA) is 83.5 Å². The Morgan fingerprint density at radius 2 is 1.97 bits per heavy atom. The highest BCUT2D eigenvalue weighted by atomic mass is 16.7. The van der Waals surface area contributed by atoms with Crippen molar-refractivity contribution in [1.29, 1.82) is 0 Å². The number of hydrogen-bond donors (Lipinski definition) is 1. The van der Waals surface area contributed by atoms with Crippen LogP contribution in [-0.2, 0) is 30.3 Å². The van der Waals surface area contributed by atoms with Crippen molar-refractivity contribution in [3.8, 4) is 5.75 Å². The number of ether oxygens (including phenoxy) is 5. The molecular formula is C23H30O7. The van der Waals surface area contributed by atoms with E-state index in [0.717, 1.165) is 24.0 Å². The quantitative estimate of drug-likeness (QED) is 0.242. The lowest BCUT2D eigenvalue weighted by Crippen LogP contribution is -2.60. The van der Waals surface area contributed by atoms with Gasteiger partial charge < -0.3 is 28.8 Å². The fraction of sp³-hybridized carbons (Fsp3) is 0.522. The van der Waals surface area contributed by atoms with Gasteiger partial charge in [-0.25, -0.2) is 0 Å². The van der Waals surface area contributed by atoms with Gasteiger partial charge in [0.25, 0.3) is 0 Å². The lowest BCUT2D eigenvalue weighted by molar-refractivity contribution is -0.174. The molecule has 0 amide bonds. The standard InChI is InChI=1S/C23H30O7/c1-4-23(25)20-10-9-18(21(19(20)13-24)30-15-28-12-11-26-2)22(23)29-14-16-5-7-17(27-3)8-6-16/h4-8,13,18,20,22,25H,1,9-12,14-15H2,2-3H3/t18-,20+,22-,23+/m1/s1. The molecule has 7 heteroatoms. The van der Waals surface area contributed by atoms with E-state index >= 15 is 0 Å². The van der Waals surface area contributed by atoms with Gasteiger partial charge in [0.15, 0.2) is 6.79 Å². The van der Waals surface area contributed by atoms with E-state index in [2.05, 4.69) is 6.58 Å². The van der Waals surface area contributed by atoms with Gasteiger partial charge in [0.2, 0.25) is 0 Å². The van der Waals surface area contributed by atoms with Crippen molar-refractivity contribution < 1.29 is 33.6 Å². The average Bonchev–Trinajstić information content (AvgIpc) is 2.79. The molecular weight excluding hydrogens is 388 g/mol. The Labute approximate surface area is 177 Å². The number of fused-ring (bicyclic) bond motifs is 2. The molecule has 0 radical (unpaired) electrons. The van der Waals surface area contributed by atoms with Crippen LogP contribution in [0.5, 0.6) is 5.75 Å². The predicted molar refractivity (Wildman–Crippen MR) is 110 cm³/mol. The van der Waals surface area contributed by atoms with Crippen molar-refractivity contribution in [2.24, 2.45) is 11.8 Å². The monoisotopic (exact) mass is 418 g/mol. The first-order valence-electron chi connectivity index (χ1n) is 10.1. The zero-order valence-corrected chi connectivity index (χ0v) is 17.5.